The van der Waals surface area contributed by atoms with Crippen LogP contribution in [0.1, 0.15) is 0 Å². The summed E-state index contributed by atoms with van der Waals surface area (Å²) in [5, 5.41) is 4.67. The SMILES string of the molecule is O=C(COc1ccccc1-c1ccccc1)Nc1nc(-c2ccc(F)c(F)c2)cs1. The number of thiazole rings is 1. The number of rotatable bonds is 6. The number of nitrogens with one attached hydrogen (secondary N) is 1. The lowest BCUT2D eigenvalue weighted by molar-refractivity contribution is -0.118. The molecule has 0 aliphatic rings. The molecule has 0 radical (unpaired) electrons. The second kappa shape index (κ2) is 8.84. The number of nitrogens with zero attached hydrogens (tertiary/aromatic N) is 1. The average Bonchev–Trinajstić information content (AvgIpc) is 3.23. The third-order valence-corrected chi connectivity index (χ3v) is 5.05. The van der Waals surface area contributed by atoms with Gasteiger partial charge >= 0.3 is 0 Å². The molecule has 1 aromatic heterocycles. The molecular weight excluding hydrogens is 406 g/mol. The summed E-state index contributed by atoms with van der Waals surface area (Å²) in [5.74, 6) is -1.64. The van der Waals surface area contributed by atoms with E-state index in [1.54, 1.807) is 11.4 Å². The second-order valence-electron chi connectivity index (χ2n) is 6.37. The molecule has 1 amide bonds. The van der Waals surface area contributed by atoms with Gasteiger partial charge in [-0.15, -0.1) is 11.3 Å². The number of ether oxygens (including phenoxy) is 1. The first kappa shape index (κ1) is 19.7. The summed E-state index contributed by atoms with van der Waals surface area (Å²) in [6, 6.07) is 20.8. The van der Waals surface area contributed by atoms with Crippen LogP contribution in [-0.2, 0) is 4.79 Å². The molecule has 0 aliphatic heterocycles. The van der Waals surface area contributed by atoms with Gasteiger partial charge in [0.25, 0.3) is 5.91 Å². The first-order valence-electron chi connectivity index (χ1n) is 9.08. The number of amides is 1. The largest absolute Gasteiger partial charge is 0.483 e. The summed E-state index contributed by atoms with van der Waals surface area (Å²) in [4.78, 5) is 16.6. The Morgan fingerprint density at radius 2 is 1.70 bits per heavy atom. The van der Waals surface area contributed by atoms with E-state index in [0.717, 1.165) is 23.3 Å². The van der Waals surface area contributed by atoms with Gasteiger partial charge in [0.15, 0.2) is 23.4 Å². The molecule has 0 aliphatic carbocycles. The summed E-state index contributed by atoms with van der Waals surface area (Å²) in [6.45, 7) is -0.191. The topological polar surface area (TPSA) is 51.2 Å². The number of carbonyl (C=O) groups excluding carboxylic acids is 1. The number of para-hydroxylation sites is 1. The lowest BCUT2D eigenvalue weighted by Crippen LogP contribution is -2.20. The van der Waals surface area contributed by atoms with E-state index in [1.165, 1.54) is 17.4 Å². The molecule has 0 bridgehead atoms. The Balaban J connectivity index is 1.41. The maximum absolute atomic E-state index is 13.4. The van der Waals surface area contributed by atoms with Crippen molar-refractivity contribution < 1.29 is 18.3 Å². The number of halogens is 2. The van der Waals surface area contributed by atoms with E-state index in [0.29, 0.717) is 22.1 Å². The molecule has 150 valence electrons. The minimum Gasteiger partial charge on any atom is -0.483 e. The van der Waals surface area contributed by atoms with Gasteiger partial charge in [-0.05, 0) is 29.8 Å². The Labute approximate surface area is 175 Å². The van der Waals surface area contributed by atoms with Crippen molar-refractivity contribution in [1.29, 1.82) is 0 Å². The van der Waals surface area contributed by atoms with Gasteiger partial charge in [0.2, 0.25) is 0 Å². The first-order chi connectivity index (χ1) is 14.6. The van der Waals surface area contributed by atoms with Crippen LogP contribution in [0.2, 0.25) is 0 Å². The summed E-state index contributed by atoms with van der Waals surface area (Å²) in [6.07, 6.45) is 0. The van der Waals surface area contributed by atoms with Gasteiger partial charge in [-0.2, -0.15) is 0 Å². The third kappa shape index (κ3) is 4.52. The average molecular weight is 422 g/mol. The molecule has 0 fully saturated rings. The summed E-state index contributed by atoms with van der Waals surface area (Å²) < 4.78 is 32.2. The van der Waals surface area contributed by atoms with Gasteiger partial charge in [-0.1, -0.05) is 48.5 Å². The molecule has 30 heavy (non-hydrogen) atoms. The Kier molecular flexibility index (Phi) is 5.81. The van der Waals surface area contributed by atoms with Crippen LogP contribution in [0, 0.1) is 11.6 Å². The smallest absolute Gasteiger partial charge is 0.264 e. The van der Waals surface area contributed by atoms with E-state index >= 15 is 0 Å². The van der Waals surface area contributed by atoms with Crippen molar-refractivity contribution in [1.82, 2.24) is 4.98 Å². The number of benzene rings is 3. The zero-order valence-corrected chi connectivity index (χ0v) is 16.5. The van der Waals surface area contributed by atoms with Crippen molar-refractivity contribution >= 4 is 22.4 Å². The molecule has 0 unspecified atom stereocenters. The Morgan fingerprint density at radius 3 is 2.50 bits per heavy atom. The van der Waals surface area contributed by atoms with Gasteiger partial charge < -0.3 is 4.74 Å². The van der Waals surface area contributed by atoms with Crippen LogP contribution in [0.3, 0.4) is 0 Å². The van der Waals surface area contributed by atoms with Crippen LogP contribution < -0.4 is 10.1 Å². The number of anilines is 1. The van der Waals surface area contributed by atoms with Crippen LogP contribution in [0.25, 0.3) is 22.4 Å². The zero-order chi connectivity index (χ0) is 20.9. The van der Waals surface area contributed by atoms with Crippen LogP contribution >= 0.6 is 11.3 Å². The van der Waals surface area contributed by atoms with E-state index in [9.17, 15) is 13.6 Å². The molecule has 1 heterocycles. The fourth-order valence-corrected chi connectivity index (χ4v) is 3.60. The standard InChI is InChI=1S/C23H16F2N2O2S/c24-18-11-10-16(12-19(18)25)20-14-30-23(26-20)27-22(28)13-29-21-9-5-4-8-17(21)15-6-2-1-3-7-15/h1-12,14H,13H2,(H,26,27,28). The Morgan fingerprint density at radius 1 is 0.933 bits per heavy atom. The fraction of sp³-hybridized carbons (Fsp3) is 0.0435. The molecule has 4 rings (SSSR count). The number of aromatic nitrogens is 1. The lowest BCUT2D eigenvalue weighted by atomic mass is 10.1. The molecule has 0 spiro atoms. The molecule has 4 nitrogen and oxygen atoms in total. The lowest BCUT2D eigenvalue weighted by Gasteiger charge is -2.11. The normalized spacial score (nSPS) is 10.6. The fourth-order valence-electron chi connectivity index (χ4n) is 2.87. The second-order valence-corrected chi connectivity index (χ2v) is 7.22. The first-order valence-corrected chi connectivity index (χ1v) is 9.96. The van der Waals surface area contributed by atoms with Crippen molar-refractivity contribution in [2.24, 2.45) is 0 Å². The summed E-state index contributed by atoms with van der Waals surface area (Å²) in [5.41, 5.74) is 2.76. The van der Waals surface area contributed by atoms with E-state index in [1.807, 2.05) is 48.5 Å². The van der Waals surface area contributed by atoms with Crippen LogP contribution in [0.4, 0.5) is 13.9 Å². The summed E-state index contributed by atoms with van der Waals surface area (Å²) >= 11 is 1.19. The van der Waals surface area contributed by atoms with E-state index in [2.05, 4.69) is 10.3 Å². The highest BCUT2D eigenvalue weighted by atomic mass is 32.1. The highest BCUT2D eigenvalue weighted by molar-refractivity contribution is 7.14. The molecule has 1 N–H and O–H groups in total. The van der Waals surface area contributed by atoms with Crippen molar-refractivity contribution in [3.63, 3.8) is 0 Å². The minimum absolute atomic E-state index is 0.191. The molecular formula is C23H16F2N2O2S. The summed E-state index contributed by atoms with van der Waals surface area (Å²) in [7, 11) is 0. The van der Waals surface area contributed by atoms with Crippen molar-refractivity contribution in [2.75, 3.05) is 11.9 Å². The minimum atomic E-state index is -0.948. The van der Waals surface area contributed by atoms with Gasteiger partial charge in [-0.25, -0.2) is 13.8 Å². The van der Waals surface area contributed by atoms with E-state index in [-0.39, 0.29) is 12.5 Å². The zero-order valence-electron chi connectivity index (χ0n) is 15.6. The van der Waals surface area contributed by atoms with E-state index in [4.69, 9.17) is 4.74 Å². The molecule has 0 atom stereocenters. The van der Waals surface area contributed by atoms with Crippen molar-refractivity contribution in [2.45, 2.75) is 0 Å². The molecule has 0 saturated heterocycles. The number of hydrogen-bond donors (Lipinski definition) is 1. The molecule has 4 aromatic rings. The van der Waals surface area contributed by atoms with E-state index < -0.39 is 11.6 Å². The predicted octanol–water partition coefficient (Wildman–Crippen LogP) is 5.77. The molecule has 3 aromatic carbocycles. The third-order valence-electron chi connectivity index (χ3n) is 4.30. The Hall–Kier alpha value is -3.58. The van der Waals surface area contributed by atoms with Crippen LogP contribution in [-0.4, -0.2) is 17.5 Å². The maximum atomic E-state index is 13.4. The quantitative estimate of drug-likeness (QED) is 0.429. The molecule has 0 saturated carbocycles. The van der Waals surface area contributed by atoms with Gasteiger partial charge in [-0.3, -0.25) is 10.1 Å². The van der Waals surface area contributed by atoms with Crippen LogP contribution in [0.15, 0.2) is 78.2 Å². The maximum Gasteiger partial charge on any atom is 0.264 e. The Bertz CT molecular complexity index is 1180. The predicted molar refractivity (Wildman–Crippen MR) is 113 cm³/mol. The van der Waals surface area contributed by atoms with Gasteiger partial charge in [0.05, 0.1) is 5.69 Å². The van der Waals surface area contributed by atoms with Crippen molar-refractivity contribution in [3.8, 4) is 28.1 Å². The number of hydrogen-bond acceptors (Lipinski definition) is 4. The number of carbonyl (C=O) groups is 1. The van der Waals surface area contributed by atoms with Gasteiger partial charge in [0, 0.05) is 16.5 Å². The molecule has 7 heteroatoms. The highest BCUT2D eigenvalue weighted by Crippen LogP contribution is 2.30. The van der Waals surface area contributed by atoms with Crippen molar-refractivity contribution in [3.05, 3.63) is 89.8 Å². The van der Waals surface area contributed by atoms with Gasteiger partial charge in [0.1, 0.15) is 5.75 Å². The van der Waals surface area contributed by atoms with Crippen LogP contribution in [0.5, 0.6) is 5.75 Å². The monoisotopic (exact) mass is 422 g/mol. The highest BCUT2D eigenvalue weighted by Gasteiger charge is 2.12.